The minimum Gasteiger partial charge on any atom is -0.493 e. The van der Waals surface area contributed by atoms with Crippen molar-refractivity contribution in [2.45, 2.75) is 13.5 Å². The molecular formula is C20H22N6O3. The molecule has 9 heteroatoms. The Hall–Kier alpha value is -3.88. The van der Waals surface area contributed by atoms with Crippen molar-refractivity contribution in [3.05, 3.63) is 59.4 Å². The van der Waals surface area contributed by atoms with Gasteiger partial charge >= 0.3 is 0 Å². The van der Waals surface area contributed by atoms with Gasteiger partial charge in [-0.15, -0.1) is 0 Å². The van der Waals surface area contributed by atoms with E-state index in [2.05, 4.69) is 25.4 Å². The third kappa shape index (κ3) is 5.32. The molecule has 0 spiro atoms. The summed E-state index contributed by atoms with van der Waals surface area (Å²) in [6.07, 6.45) is 1.53. The van der Waals surface area contributed by atoms with E-state index in [0.717, 1.165) is 11.3 Å². The Morgan fingerprint density at radius 3 is 2.55 bits per heavy atom. The molecule has 29 heavy (non-hydrogen) atoms. The van der Waals surface area contributed by atoms with Gasteiger partial charge in [-0.3, -0.25) is 0 Å². The molecule has 0 fully saturated rings. The Balaban J connectivity index is 1.66. The van der Waals surface area contributed by atoms with Crippen LogP contribution in [-0.4, -0.2) is 35.4 Å². The van der Waals surface area contributed by atoms with Gasteiger partial charge in [0, 0.05) is 11.3 Å². The number of nitrogens with one attached hydrogen (secondary N) is 1. The van der Waals surface area contributed by atoms with Gasteiger partial charge in [0.15, 0.2) is 23.9 Å². The van der Waals surface area contributed by atoms with E-state index in [-0.39, 0.29) is 12.6 Å². The molecule has 0 aliphatic rings. The molecule has 3 N–H and O–H groups in total. The van der Waals surface area contributed by atoms with Gasteiger partial charge in [0.25, 0.3) is 0 Å². The first-order chi connectivity index (χ1) is 14.1. The summed E-state index contributed by atoms with van der Waals surface area (Å²) < 4.78 is 10.6. The summed E-state index contributed by atoms with van der Waals surface area (Å²) in [5, 5.41) is 7.04. The predicted octanol–water partition coefficient (Wildman–Crippen LogP) is 3.07. The van der Waals surface area contributed by atoms with E-state index in [0.29, 0.717) is 28.8 Å². The average molecular weight is 394 g/mol. The van der Waals surface area contributed by atoms with Crippen LogP contribution in [0.5, 0.6) is 11.5 Å². The SMILES string of the molecule is COc1cccc(/C=N\OCc2nc(N)nc(Nc3ccc(C)cc3)n2)c1OC. The quantitative estimate of drug-likeness (QED) is 0.442. The molecule has 150 valence electrons. The lowest BCUT2D eigenvalue weighted by Gasteiger charge is -2.09. The third-order valence-electron chi connectivity index (χ3n) is 3.90. The second-order valence-corrected chi connectivity index (χ2v) is 6.02. The molecule has 0 saturated carbocycles. The lowest BCUT2D eigenvalue weighted by molar-refractivity contribution is 0.126. The van der Waals surface area contributed by atoms with Crippen molar-refractivity contribution >= 4 is 23.8 Å². The summed E-state index contributed by atoms with van der Waals surface area (Å²) in [6, 6.07) is 13.3. The summed E-state index contributed by atoms with van der Waals surface area (Å²) in [4.78, 5) is 17.8. The van der Waals surface area contributed by atoms with Gasteiger partial charge in [-0.2, -0.15) is 15.0 Å². The number of hydrogen-bond donors (Lipinski definition) is 2. The number of nitrogens with zero attached hydrogens (tertiary/aromatic N) is 4. The van der Waals surface area contributed by atoms with Gasteiger partial charge in [-0.05, 0) is 31.2 Å². The van der Waals surface area contributed by atoms with Crippen LogP contribution in [0, 0.1) is 6.92 Å². The number of aryl methyl sites for hydroxylation is 1. The minimum atomic E-state index is 0.0259. The maximum absolute atomic E-state index is 5.78. The fraction of sp³-hybridized carbons (Fsp3) is 0.200. The zero-order chi connectivity index (χ0) is 20.6. The van der Waals surface area contributed by atoms with Crippen LogP contribution in [0.3, 0.4) is 0 Å². The number of methoxy groups -OCH3 is 2. The number of anilines is 3. The molecule has 0 unspecified atom stereocenters. The van der Waals surface area contributed by atoms with Crippen LogP contribution >= 0.6 is 0 Å². The topological polar surface area (TPSA) is 117 Å². The fourth-order valence-corrected chi connectivity index (χ4v) is 2.53. The van der Waals surface area contributed by atoms with Gasteiger partial charge in [0.1, 0.15) is 0 Å². The van der Waals surface area contributed by atoms with Crippen molar-refractivity contribution in [1.29, 1.82) is 0 Å². The zero-order valence-electron chi connectivity index (χ0n) is 16.4. The van der Waals surface area contributed by atoms with Crippen molar-refractivity contribution in [2.24, 2.45) is 5.16 Å². The molecule has 9 nitrogen and oxygen atoms in total. The van der Waals surface area contributed by atoms with Crippen LogP contribution in [0.1, 0.15) is 17.0 Å². The average Bonchev–Trinajstić information content (AvgIpc) is 2.72. The molecule has 1 aromatic heterocycles. The summed E-state index contributed by atoms with van der Waals surface area (Å²) in [7, 11) is 3.13. The van der Waals surface area contributed by atoms with Gasteiger partial charge in [-0.1, -0.05) is 28.9 Å². The van der Waals surface area contributed by atoms with Crippen molar-refractivity contribution in [1.82, 2.24) is 15.0 Å². The highest BCUT2D eigenvalue weighted by atomic mass is 16.6. The lowest BCUT2D eigenvalue weighted by Crippen LogP contribution is -2.07. The van der Waals surface area contributed by atoms with Gasteiger partial charge in [0.2, 0.25) is 11.9 Å². The second kappa shape index (κ2) is 9.36. The Kier molecular flexibility index (Phi) is 6.41. The number of rotatable bonds is 8. The molecule has 3 rings (SSSR count). The fourth-order valence-electron chi connectivity index (χ4n) is 2.53. The first-order valence-corrected chi connectivity index (χ1v) is 8.79. The molecule has 1 heterocycles. The van der Waals surface area contributed by atoms with E-state index < -0.39 is 0 Å². The van der Waals surface area contributed by atoms with E-state index in [1.165, 1.54) is 6.21 Å². The summed E-state index contributed by atoms with van der Waals surface area (Å²) in [5.41, 5.74) is 8.49. The van der Waals surface area contributed by atoms with E-state index in [1.54, 1.807) is 20.3 Å². The maximum Gasteiger partial charge on any atom is 0.232 e. The predicted molar refractivity (Wildman–Crippen MR) is 111 cm³/mol. The first kappa shape index (κ1) is 19.9. The molecule has 0 saturated heterocycles. The Bertz CT molecular complexity index is 992. The van der Waals surface area contributed by atoms with Gasteiger partial charge < -0.3 is 25.4 Å². The van der Waals surface area contributed by atoms with Crippen LogP contribution in [0.25, 0.3) is 0 Å². The Labute approximate surface area is 168 Å². The normalized spacial score (nSPS) is 10.7. The maximum atomic E-state index is 5.78. The van der Waals surface area contributed by atoms with Crippen molar-refractivity contribution in [2.75, 3.05) is 25.3 Å². The number of nitrogen functional groups attached to an aromatic ring is 1. The van der Waals surface area contributed by atoms with E-state index >= 15 is 0 Å². The lowest BCUT2D eigenvalue weighted by atomic mass is 10.2. The highest BCUT2D eigenvalue weighted by Gasteiger charge is 2.08. The molecule has 0 radical (unpaired) electrons. The molecule has 3 aromatic rings. The van der Waals surface area contributed by atoms with Gasteiger partial charge in [0.05, 0.1) is 20.4 Å². The Morgan fingerprint density at radius 1 is 1.03 bits per heavy atom. The van der Waals surface area contributed by atoms with Crippen LogP contribution in [-0.2, 0) is 11.4 Å². The van der Waals surface area contributed by atoms with Gasteiger partial charge in [-0.25, -0.2) is 0 Å². The molecule has 0 amide bonds. The van der Waals surface area contributed by atoms with Crippen molar-refractivity contribution < 1.29 is 14.3 Å². The molecule has 0 aliphatic carbocycles. The highest BCUT2D eigenvalue weighted by Crippen LogP contribution is 2.29. The third-order valence-corrected chi connectivity index (χ3v) is 3.90. The van der Waals surface area contributed by atoms with Crippen LogP contribution in [0.15, 0.2) is 47.6 Å². The number of oxime groups is 1. The molecule has 0 aliphatic heterocycles. The molecule has 0 bridgehead atoms. The van der Waals surface area contributed by atoms with E-state index in [4.69, 9.17) is 20.0 Å². The second-order valence-electron chi connectivity index (χ2n) is 6.02. The summed E-state index contributed by atoms with van der Waals surface area (Å²) in [6.45, 7) is 2.04. The van der Waals surface area contributed by atoms with Crippen LogP contribution < -0.4 is 20.5 Å². The van der Waals surface area contributed by atoms with E-state index in [1.807, 2.05) is 43.3 Å². The number of nitrogens with two attached hydrogens (primary N) is 1. The summed E-state index contributed by atoms with van der Waals surface area (Å²) >= 11 is 0. The molecule has 2 aromatic carbocycles. The summed E-state index contributed by atoms with van der Waals surface area (Å²) in [5.74, 6) is 1.94. The number of ether oxygens (including phenoxy) is 2. The minimum absolute atomic E-state index is 0.0259. The van der Waals surface area contributed by atoms with Crippen LogP contribution in [0.2, 0.25) is 0 Å². The number of hydrogen-bond acceptors (Lipinski definition) is 9. The smallest absolute Gasteiger partial charge is 0.232 e. The number of aromatic nitrogens is 3. The Morgan fingerprint density at radius 2 is 1.83 bits per heavy atom. The highest BCUT2D eigenvalue weighted by molar-refractivity contribution is 5.84. The van der Waals surface area contributed by atoms with E-state index in [9.17, 15) is 0 Å². The first-order valence-electron chi connectivity index (χ1n) is 8.79. The molecule has 0 atom stereocenters. The monoisotopic (exact) mass is 394 g/mol. The van der Waals surface area contributed by atoms with Crippen molar-refractivity contribution in [3.63, 3.8) is 0 Å². The van der Waals surface area contributed by atoms with Crippen LogP contribution in [0.4, 0.5) is 17.6 Å². The number of para-hydroxylation sites is 1. The van der Waals surface area contributed by atoms with Crippen molar-refractivity contribution in [3.8, 4) is 11.5 Å². The zero-order valence-corrected chi connectivity index (χ0v) is 16.4. The number of benzene rings is 2. The standard InChI is InChI=1S/C20H22N6O3/c1-13-7-9-15(10-8-13)23-20-25-17(24-19(21)26-20)12-29-22-11-14-5-4-6-16(27-2)18(14)28-3/h4-11H,12H2,1-3H3,(H3,21,23,24,25,26)/b22-11-. The molecular weight excluding hydrogens is 372 g/mol. The largest absolute Gasteiger partial charge is 0.493 e.